The van der Waals surface area contributed by atoms with Gasteiger partial charge in [0.1, 0.15) is 5.75 Å². The molecule has 1 aromatic heterocycles. The Morgan fingerprint density at radius 1 is 1.25 bits per heavy atom. The highest BCUT2D eigenvalue weighted by Gasteiger charge is 2.14. The van der Waals surface area contributed by atoms with Gasteiger partial charge >= 0.3 is 0 Å². The van der Waals surface area contributed by atoms with E-state index < -0.39 is 0 Å². The fourth-order valence-electron chi connectivity index (χ4n) is 2.12. The van der Waals surface area contributed by atoms with Crippen molar-refractivity contribution in [2.75, 3.05) is 12.4 Å². The largest absolute Gasteiger partial charge is 0.497 e. The minimum atomic E-state index is -0.312. The monoisotopic (exact) mass is 359 g/mol. The molecule has 3 aromatic rings. The molecule has 0 saturated heterocycles. The molecule has 0 aliphatic rings. The van der Waals surface area contributed by atoms with Gasteiger partial charge in [-0.1, -0.05) is 29.8 Å². The first kappa shape index (κ1) is 16.4. The number of methoxy groups -OCH3 is 1. The molecule has 122 valence electrons. The number of aryl methyl sites for hydroxylation is 1. The number of amides is 1. The predicted octanol–water partition coefficient (Wildman–Crippen LogP) is 4.43. The fraction of sp³-hybridized carbons (Fsp3) is 0.118. The smallest absolute Gasteiger partial charge is 0.258 e. The number of halogens is 1. The van der Waals surface area contributed by atoms with Gasteiger partial charge < -0.3 is 4.74 Å². The number of ether oxygens (including phenoxy) is 1. The lowest BCUT2D eigenvalue weighted by atomic mass is 10.1. The van der Waals surface area contributed by atoms with E-state index in [1.54, 1.807) is 19.2 Å². The third-order valence-corrected chi connectivity index (χ3v) is 4.29. The van der Waals surface area contributed by atoms with Gasteiger partial charge in [0.25, 0.3) is 5.91 Å². The maximum absolute atomic E-state index is 12.3. The molecule has 0 spiro atoms. The Morgan fingerprint density at radius 2 is 2.08 bits per heavy atom. The van der Waals surface area contributed by atoms with Crippen LogP contribution in [0.5, 0.6) is 5.75 Å². The number of hydrogen-bond acceptors (Lipinski definition) is 5. The van der Waals surface area contributed by atoms with Crippen molar-refractivity contribution >= 4 is 34.2 Å². The third kappa shape index (κ3) is 3.55. The van der Waals surface area contributed by atoms with Crippen LogP contribution in [0.3, 0.4) is 0 Å². The first-order chi connectivity index (χ1) is 11.6. The van der Waals surface area contributed by atoms with Crippen molar-refractivity contribution in [1.29, 1.82) is 0 Å². The Morgan fingerprint density at radius 3 is 2.83 bits per heavy atom. The van der Waals surface area contributed by atoms with Crippen molar-refractivity contribution in [2.45, 2.75) is 6.92 Å². The van der Waals surface area contributed by atoms with Gasteiger partial charge in [0.05, 0.1) is 17.7 Å². The Bertz CT molecular complexity index is 895. The molecule has 0 fully saturated rings. The minimum absolute atomic E-state index is 0.312. The van der Waals surface area contributed by atoms with Crippen molar-refractivity contribution in [3.63, 3.8) is 0 Å². The molecule has 5 nitrogen and oxygen atoms in total. The molecule has 3 rings (SSSR count). The Balaban J connectivity index is 1.79. The highest BCUT2D eigenvalue weighted by atomic mass is 35.5. The van der Waals surface area contributed by atoms with Crippen molar-refractivity contribution in [1.82, 2.24) is 9.36 Å². The summed E-state index contributed by atoms with van der Waals surface area (Å²) in [6.07, 6.45) is 0. The molecule has 1 N–H and O–H groups in total. The molecule has 2 aromatic carbocycles. The number of carbonyl (C=O) groups excluding carboxylic acids is 1. The Hall–Kier alpha value is -2.44. The van der Waals surface area contributed by atoms with E-state index in [0.29, 0.717) is 21.5 Å². The second kappa shape index (κ2) is 6.98. The van der Waals surface area contributed by atoms with E-state index in [1.807, 2.05) is 37.3 Å². The van der Waals surface area contributed by atoms with E-state index in [2.05, 4.69) is 14.7 Å². The van der Waals surface area contributed by atoms with Gasteiger partial charge in [-0.15, -0.1) is 0 Å². The van der Waals surface area contributed by atoms with Gasteiger partial charge in [0, 0.05) is 17.1 Å². The van der Waals surface area contributed by atoms with Crippen molar-refractivity contribution in [3.8, 4) is 17.1 Å². The summed E-state index contributed by atoms with van der Waals surface area (Å²) in [5.74, 6) is 0.942. The first-order valence-electron chi connectivity index (χ1n) is 7.12. The van der Waals surface area contributed by atoms with Gasteiger partial charge in [0.2, 0.25) is 5.13 Å². The molecule has 0 aliphatic heterocycles. The van der Waals surface area contributed by atoms with Crippen molar-refractivity contribution in [3.05, 3.63) is 58.6 Å². The van der Waals surface area contributed by atoms with E-state index in [1.165, 1.54) is 0 Å². The molecule has 7 heteroatoms. The Kier molecular flexibility index (Phi) is 4.78. The van der Waals surface area contributed by atoms with Crippen molar-refractivity contribution < 1.29 is 9.53 Å². The van der Waals surface area contributed by atoms with Crippen LogP contribution in [0.25, 0.3) is 11.4 Å². The molecule has 0 unspecified atom stereocenters. The van der Waals surface area contributed by atoms with Crippen molar-refractivity contribution in [2.24, 2.45) is 0 Å². The highest BCUT2D eigenvalue weighted by molar-refractivity contribution is 7.10. The molecule has 0 saturated carbocycles. The van der Waals surface area contributed by atoms with Gasteiger partial charge in [-0.05, 0) is 36.8 Å². The van der Waals surface area contributed by atoms with Crippen LogP contribution >= 0.6 is 23.1 Å². The van der Waals surface area contributed by atoms with Gasteiger partial charge in [-0.3, -0.25) is 10.1 Å². The van der Waals surface area contributed by atoms with E-state index >= 15 is 0 Å². The molecular weight excluding hydrogens is 346 g/mol. The van der Waals surface area contributed by atoms with E-state index in [4.69, 9.17) is 16.3 Å². The number of rotatable bonds is 4. The molecule has 24 heavy (non-hydrogen) atoms. The molecule has 1 heterocycles. The summed E-state index contributed by atoms with van der Waals surface area (Å²) in [6, 6.07) is 12.7. The zero-order valence-electron chi connectivity index (χ0n) is 13.0. The molecule has 1 amide bonds. The zero-order chi connectivity index (χ0) is 17.1. The minimum Gasteiger partial charge on any atom is -0.497 e. The quantitative estimate of drug-likeness (QED) is 0.748. The maximum Gasteiger partial charge on any atom is 0.258 e. The number of benzene rings is 2. The standard InChI is InChI=1S/C17H14ClN3O2S/c1-10-6-7-13(14(18)8-10)16(22)20-17-19-15(21-24-17)11-4-3-5-12(9-11)23-2/h3-9H,1-2H3,(H,19,20,21,22). The molecule has 0 aliphatic carbocycles. The van der Waals surface area contributed by atoms with Crippen LogP contribution in [0.1, 0.15) is 15.9 Å². The maximum atomic E-state index is 12.3. The van der Waals surface area contributed by atoms with Crippen LogP contribution in [0.15, 0.2) is 42.5 Å². The van der Waals surface area contributed by atoms with Crippen LogP contribution in [-0.4, -0.2) is 22.4 Å². The van der Waals surface area contributed by atoms with Gasteiger partial charge in [0.15, 0.2) is 5.82 Å². The van der Waals surface area contributed by atoms with E-state index in [0.717, 1.165) is 28.4 Å². The molecule has 0 bridgehead atoms. The topological polar surface area (TPSA) is 64.1 Å². The number of aromatic nitrogens is 2. The average Bonchev–Trinajstić information content (AvgIpc) is 3.03. The van der Waals surface area contributed by atoms with Crippen LogP contribution in [-0.2, 0) is 0 Å². The number of nitrogens with zero attached hydrogens (tertiary/aromatic N) is 2. The van der Waals surface area contributed by atoms with Crippen LogP contribution in [0, 0.1) is 6.92 Å². The lowest BCUT2D eigenvalue weighted by Crippen LogP contribution is -2.12. The summed E-state index contributed by atoms with van der Waals surface area (Å²) in [5, 5.41) is 3.55. The summed E-state index contributed by atoms with van der Waals surface area (Å²) in [4.78, 5) is 16.7. The molecule has 0 radical (unpaired) electrons. The Labute approximate surface area is 148 Å². The third-order valence-electron chi connectivity index (χ3n) is 3.34. The average molecular weight is 360 g/mol. The zero-order valence-corrected chi connectivity index (χ0v) is 14.6. The summed E-state index contributed by atoms with van der Waals surface area (Å²) >= 11 is 7.23. The van der Waals surface area contributed by atoms with E-state index in [-0.39, 0.29) is 5.91 Å². The molecular formula is C17H14ClN3O2S. The summed E-state index contributed by atoms with van der Waals surface area (Å²) in [6.45, 7) is 1.92. The fourth-order valence-corrected chi connectivity index (χ4v) is 3.03. The van der Waals surface area contributed by atoms with Crippen LogP contribution in [0.4, 0.5) is 5.13 Å². The number of carbonyl (C=O) groups is 1. The number of anilines is 1. The lowest BCUT2D eigenvalue weighted by Gasteiger charge is -2.04. The summed E-state index contributed by atoms with van der Waals surface area (Å²) in [5.41, 5.74) is 2.22. The highest BCUT2D eigenvalue weighted by Crippen LogP contribution is 2.25. The summed E-state index contributed by atoms with van der Waals surface area (Å²) < 4.78 is 9.46. The second-order valence-electron chi connectivity index (χ2n) is 5.09. The molecule has 0 atom stereocenters. The first-order valence-corrected chi connectivity index (χ1v) is 8.27. The lowest BCUT2D eigenvalue weighted by molar-refractivity contribution is 0.102. The summed E-state index contributed by atoms with van der Waals surface area (Å²) in [7, 11) is 1.60. The van der Waals surface area contributed by atoms with Gasteiger partial charge in [-0.25, -0.2) is 0 Å². The van der Waals surface area contributed by atoms with Crippen LogP contribution in [0.2, 0.25) is 5.02 Å². The van der Waals surface area contributed by atoms with Crippen LogP contribution < -0.4 is 10.1 Å². The predicted molar refractivity (Wildman–Crippen MR) is 96.0 cm³/mol. The van der Waals surface area contributed by atoms with Gasteiger partial charge in [-0.2, -0.15) is 9.36 Å². The van der Waals surface area contributed by atoms with E-state index in [9.17, 15) is 4.79 Å². The number of nitrogens with one attached hydrogen (secondary N) is 1. The second-order valence-corrected chi connectivity index (χ2v) is 6.25. The SMILES string of the molecule is COc1cccc(-c2nsc(NC(=O)c3ccc(C)cc3Cl)n2)c1. The number of hydrogen-bond donors (Lipinski definition) is 1. The normalized spacial score (nSPS) is 10.5.